The first-order valence-electron chi connectivity index (χ1n) is 16.8. The van der Waals surface area contributed by atoms with Crippen LogP contribution in [0.4, 0.5) is 19.4 Å². The van der Waals surface area contributed by atoms with Crippen molar-refractivity contribution in [1.82, 2.24) is 0 Å². The Bertz CT molecular complexity index is 1450. The highest BCUT2D eigenvalue weighted by molar-refractivity contribution is 8.45. The van der Waals surface area contributed by atoms with E-state index >= 15 is 0 Å². The van der Waals surface area contributed by atoms with E-state index in [0.717, 1.165) is 65.7 Å². The van der Waals surface area contributed by atoms with Crippen LogP contribution in [0.15, 0.2) is 63.6 Å². The molecule has 0 bridgehead atoms. The van der Waals surface area contributed by atoms with Gasteiger partial charge in [-0.25, -0.2) is 0 Å². The Hall–Kier alpha value is -1.50. The van der Waals surface area contributed by atoms with Crippen LogP contribution >= 0.6 is 10.2 Å². The molecule has 1 aromatic carbocycles. The van der Waals surface area contributed by atoms with Gasteiger partial charge in [-0.1, -0.05) is 78.3 Å². The monoisotopic (exact) mass is 704 g/mol. The minimum atomic E-state index is -9.85. The predicted octanol–water partition coefficient (Wildman–Crippen LogP) is 11.8. The maximum atomic E-state index is 13.8. The molecular formula is C36H53F5O4SSi. The van der Waals surface area contributed by atoms with Gasteiger partial charge in [0, 0.05) is 39.3 Å². The largest absolute Gasteiger partial charge is 0.410 e. The van der Waals surface area contributed by atoms with Crippen LogP contribution < -0.4 is 0 Å². The molecule has 11 heteroatoms. The minimum absolute atomic E-state index is 0.0436. The van der Waals surface area contributed by atoms with Crippen molar-refractivity contribution >= 4 is 18.5 Å². The standard InChI is InChI=1S/C36H53F5O4SSi/c1-24-22-35(6,7)23-29(45-47(8,9)34(3,4)5)30(24)32-31(25(2)26-14-18-42-19-15-26)33(44-36(32)16-20-43-21-17-36)27-10-12-28(13-11-27)46(37,38,39,40)41/h10-13,26,29,33H,1,14-23H2,2-9H3/b31-25-,32-30?/t29-,33+/m0/s1. The lowest BCUT2D eigenvalue weighted by atomic mass is 9.67. The molecule has 0 radical (unpaired) electrons. The highest BCUT2D eigenvalue weighted by atomic mass is 32.5. The van der Waals surface area contributed by atoms with Crippen LogP contribution in [0.3, 0.4) is 0 Å². The highest BCUT2D eigenvalue weighted by Gasteiger charge is 2.65. The van der Waals surface area contributed by atoms with Gasteiger partial charge in [-0.2, -0.15) is 0 Å². The number of ether oxygens (including phenoxy) is 3. The van der Waals surface area contributed by atoms with Gasteiger partial charge >= 0.3 is 10.2 Å². The minimum Gasteiger partial charge on any atom is -0.410 e. The van der Waals surface area contributed by atoms with Gasteiger partial charge in [0.05, 0.1) is 11.7 Å². The summed E-state index contributed by atoms with van der Waals surface area (Å²) in [6.45, 7) is 24.6. The maximum Gasteiger partial charge on any atom is 0.310 e. The van der Waals surface area contributed by atoms with Crippen molar-refractivity contribution in [2.24, 2.45) is 11.3 Å². The molecule has 3 saturated heterocycles. The second kappa shape index (κ2) is 11.5. The Balaban J connectivity index is 1.78. The summed E-state index contributed by atoms with van der Waals surface area (Å²) in [6, 6.07) is 3.35. The summed E-state index contributed by atoms with van der Waals surface area (Å²) >= 11 is 0. The first-order valence-corrected chi connectivity index (χ1v) is 21.7. The fourth-order valence-corrected chi connectivity index (χ4v) is 9.53. The predicted molar refractivity (Wildman–Crippen MR) is 182 cm³/mol. The molecule has 3 heterocycles. The van der Waals surface area contributed by atoms with Gasteiger partial charge in [0.2, 0.25) is 0 Å². The van der Waals surface area contributed by atoms with E-state index in [0.29, 0.717) is 57.0 Å². The lowest BCUT2D eigenvalue weighted by Gasteiger charge is -2.47. The molecule has 5 rings (SSSR count). The van der Waals surface area contributed by atoms with Crippen LogP contribution in [0.1, 0.15) is 91.7 Å². The summed E-state index contributed by atoms with van der Waals surface area (Å²) in [5.74, 6) is 0.174. The molecule has 266 valence electrons. The smallest absolute Gasteiger partial charge is 0.310 e. The molecule has 2 atom stereocenters. The normalized spacial score (nSPS) is 30.3. The zero-order chi connectivity index (χ0) is 34.9. The molecule has 3 aliphatic heterocycles. The highest BCUT2D eigenvalue weighted by Crippen LogP contribution is 3.02. The second-order valence-electron chi connectivity index (χ2n) is 16.4. The molecule has 1 saturated carbocycles. The average molecular weight is 705 g/mol. The molecule has 4 fully saturated rings. The van der Waals surface area contributed by atoms with E-state index in [1.807, 2.05) is 0 Å². The van der Waals surface area contributed by atoms with E-state index in [4.69, 9.17) is 18.6 Å². The molecule has 0 aromatic heterocycles. The molecule has 1 spiro atoms. The number of hydrogen-bond acceptors (Lipinski definition) is 4. The van der Waals surface area contributed by atoms with Crippen LogP contribution in [0.5, 0.6) is 0 Å². The van der Waals surface area contributed by atoms with E-state index in [2.05, 4.69) is 61.2 Å². The van der Waals surface area contributed by atoms with E-state index < -0.39 is 35.1 Å². The van der Waals surface area contributed by atoms with Crippen molar-refractivity contribution in [3.8, 4) is 0 Å². The van der Waals surface area contributed by atoms with Crippen LogP contribution in [0.25, 0.3) is 0 Å². The first kappa shape index (κ1) is 36.8. The topological polar surface area (TPSA) is 36.9 Å². The van der Waals surface area contributed by atoms with Crippen molar-refractivity contribution in [1.29, 1.82) is 0 Å². The van der Waals surface area contributed by atoms with Gasteiger partial charge < -0.3 is 18.6 Å². The van der Waals surface area contributed by atoms with Gasteiger partial charge in [-0.05, 0) is 102 Å². The van der Waals surface area contributed by atoms with Crippen molar-refractivity contribution in [2.75, 3.05) is 26.4 Å². The average Bonchev–Trinajstić information content (AvgIpc) is 3.24. The maximum absolute atomic E-state index is 13.8. The fourth-order valence-electron chi connectivity index (χ4n) is 7.62. The molecule has 0 amide bonds. The third-order valence-corrected chi connectivity index (χ3v) is 16.8. The lowest BCUT2D eigenvalue weighted by molar-refractivity contribution is -0.0889. The Morgan fingerprint density at radius 3 is 2.02 bits per heavy atom. The van der Waals surface area contributed by atoms with Crippen LogP contribution in [0.2, 0.25) is 18.1 Å². The first-order chi connectivity index (χ1) is 21.3. The van der Waals surface area contributed by atoms with Crippen molar-refractivity contribution in [3.63, 3.8) is 0 Å². The zero-order valence-electron chi connectivity index (χ0n) is 29.3. The summed E-state index contributed by atoms with van der Waals surface area (Å²) in [5.41, 5.74) is 4.66. The van der Waals surface area contributed by atoms with Crippen molar-refractivity contribution in [2.45, 2.75) is 121 Å². The number of hydrogen-bond donors (Lipinski definition) is 0. The van der Waals surface area contributed by atoms with E-state index in [1.54, 1.807) is 0 Å². The van der Waals surface area contributed by atoms with Crippen LogP contribution in [-0.4, -0.2) is 46.4 Å². The van der Waals surface area contributed by atoms with Gasteiger partial charge in [-0.3, -0.25) is 0 Å². The van der Waals surface area contributed by atoms with Crippen LogP contribution in [0, 0.1) is 11.3 Å². The molecule has 1 aliphatic carbocycles. The Labute approximate surface area is 279 Å². The van der Waals surface area contributed by atoms with Crippen LogP contribution in [-0.2, 0) is 18.6 Å². The summed E-state index contributed by atoms with van der Waals surface area (Å²) in [7, 11) is -12.1. The van der Waals surface area contributed by atoms with Crippen molar-refractivity contribution < 1.29 is 38.1 Å². The number of allylic oxidation sites excluding steroid dienone is 1. The number of benzene rings is 1. The Morgan fingerprint density at radius 2 is 1.49 bits per heavy atom. The molecule has 1 aromatic rings. The summed E-state index contributed by atoms with van der Waals surface area (Å²) in [5, 5.41) is -0.0436. The third kappa shape index (κ3) is 7.50. The third-order valence-electron chi connectivity index (χ3n) is 11.2. The molecule has 0 unspecified atom stereocenters. The van der Waals surface area contributed by atoms with Gasteiger partial charge in [0.15, 0.2) is 8.32 Å². The molecule has 0 N–H and O–H groups in total. The summed E-state index contributed by atoms with van der Waals surface area (Å²) < 4.78 is 94.8. The zero-order valence-corrected chi connectivity index (χ0v) is 31.1. The molecule has 4 aliphatic rings. The fraction of sp³-hybridized carbons (Fsp3) is 0.667. The number of halogens is 5. The Morgan fingerprint density at radius 1 is 0.936 bits per heavy atom. The molecule has 47 heavy (non-hydrogen) atoms. The van der Waals surface area contributed by atoms with Crippen molar-refractivity contribution in [3.05, 3.63) is 64.3 Å². The SMILES string of the molecule is C=C1CC(C)(C)C[C@H](O[Si](C)(C)C(C)(C)C)C1=C1/C(=C(\C)C2CCOCC2)[C@@H](c2ccc(S(F)(F)(F)(F)F)cc2)OC12CCOCC2. The van der Waals surface area contributed by atoms with Gasteiger partial charge in [0.1, 0.15) is 11.0 Å². The quantitative estimate of drug-likeness (QED) is 0.226. The van der Waals surface area contributed by atoms with E-state index in [-0.39, 0.29) is 22.5 Å². The lowest BCUT2D eigenvalue weighted by Crippen LogP contribution is -2.48. The van der Waals surface area contributed by atoms with Gasteiger partial charge in [0.25, 0.3) is 0 Å². The Kier molecular flexibility index (Phi) is 9.01. The molecule has 4 nitrogen and oxygen atoms in total. The van der Waals surface area contributed by atoms with E-state index in [9.17, 15) is 19.4 Å². The van der Waals surface area contributed by atoms with Gasteiger partial charge in [-0.15, -0.1) is 0 Å². The summed E-state index contributed by atoms with van der Waals surface area (Å²) in [6.07, 6.45) is 3.28. The van der Waals surface area contributed by atoms with E-state index in [1.165, 1.54) is 0 Å². The summed E-state index contributed by atoms with van der Waals surface area (Å²) in [4.78, 5) is -1.90. The molecular weight excluding hydrogens is 652 g/mol. The second-order valence-corrected chi connectivity index (χ2v) is 23.6. The number of rotatable bonds is 5.